The van der Waals surface area contributed by atoms with Crippen LogP contribution in [-0.4, -0.2) is 32.0 Å². The Kier molecular flexibility index (Phi) is 8.18. The summed E-state index contributed by atoms with van der Waals surface area (Å²) in [4.78, 5) is 0. The van der Waals surface area contributed by atoms with Crippen LogP contribution in [0.3, 0.4) is 0 Å². The van der Waals surface area contributed by atoms with Gasteiger partial charge in [-0.2, -0.15) is 24.5 Å². The van der Waals surface area contributed by atoms with Crippen LogP contribution in [0.1, 0.15) is 31.7 Å². The number of rotatable bonds is 10. The van der Waals surface area contributed by atoms with Gasteiger partial charge in [0.2, 0.25) is 0 Å². The van der Waals surface area contributed by atoms with Crippen LogP contribution in [0.15, 0.2) is 16.8 Å². The summed E-state index contributed by atoms with van der Waals surface area (Å²) in [6.45, 7) is 1.94. The van der Waals surface area contributed by atoms with Gasteiger partial charge >= 0.3 is 6.18 Å². The molecule has 0 aromatic carbocycles. The van der Waals surface area contributed by atoms with Gasteiger partial charge in [0, 0.05) is 12.6 Å². The fraction of sp³-hybridized carbons (Fsp3) is 0.714. The lowest BCUT2D eigenvalue weighted by Crippen LogP contribution is -2.32. The summed E-state index contributed by atoms with van der Waals surface area (Å²) in [7, 11) is 0. The van der Waals surface area contributed by atoms with Gasteiger partial charge in [-0.05, 0) is 54.6 Å². The van der Waals surface area contributed by atoms with Crippen LogP contribution in [0.5, 0.6) is 0 Å². The van der Waals surface area contributed by atoms with Gasteiger partial charge in [-0.3, -0.25) is 0 Å². The lowest BCUT2D eigenvalue weighted by Gasteiger charge is -2.18. The van der Waals surface area contributed by atoms with Crippen molar-refractivity contribution in [3.05, 3.63) is 22.4 Å². The van der Waals surface area contributed by atoms with Crippen LogP contribution in [-0.2, 0) is 11.2 Å². The first kappa shape index (κ1) is 17.5. The van der Waals surface area contributed by atoms with Gasteiger partial charge in [-0.15, -0.1) is 0 Å². The summed E-state index contributed by atoms with van der Waals surface area (Å²) < 4.78 is 40.6. The molecule has 0 saturated heterocycles. The van der Waals surface area contributed by atoms with Crippen LogP contribution in [0.25, 0.3) is 0 Å². The largest absolute Gasteiger partial charge is 0.411 e. The summed E-state index contributed by atoms with van der Waals surface area (Å²) in [6.07, 6.45) is -0.738. The topological polar surface area (TPSA) is 21.3 Å². The Balaban J connectivity index is 2.24. The number of halogens is 3. The van der Waals surface area contributed by atoms with E-state index in [0.717, 1.165) is 25.8 Å². The molecule has 1 N–H and O–H groups in total. The quantitative estimate of drug-likeness (QED) is 0.659. The molecule has 6 heteroatoms. The number of nitrogens with one attached hydrogen (secondary N) is 1. The molecule has 0 aliphatic rings. The van der Waals surface area contributed by atoms with Gasteiger partial charge in [0.1, 0.15) is 6.61 Å². The second-order valence-corrected chi connectivity index (χ2v) is 5.56. The highest BCUT2D eigenvalue weighted by molar-refractivity contribution is 7.07. The third-order valence-corrected chi connectivity index (χ3v) is 3.65. The molecular formula is C14H22F3NOS. The fourth-order valence-electron chi connectivity index (χ4n) is 1.89. The summed E-state index contributed by atoms with van der Waals surface area (Å²) in [5.74, 6) is 0. The Morgan fingerprint density at radius 3 is 2.75 bits per heavy atom. The molecule has 0 aliphatic carbocycles. The monoisotopic (exact) mass is 309 g/mol. The van der Waals surface area contributed by atoms with Gasteiger partial charge in [-0.25, -0.2) is 0 Å². The van der Waals surface area contributed by atoms with Crippen molar-refractivity contribution in [2.75, 3.05) is 19.8 Å². The standard InChI is InChI=1S/C14H22F3NOS/c1-2-7-18-13(4-3-12-6-9-20-10-12)5-8-19-11-14(15,16)17/h6,9-10,13,18H,2-5,7-8,11H2,1H3. The van der Waals surface area contributed by atoms with Crippen LogP contribution in [0.4, 0.5) is 13.2 Å². The van der Waals surface area contributed by atoms with Crippen LogP contribution in [0.2, 0.25) is 0 Å². The van der Waals surface area contributed by atoms with E-state index >= 15 is 0 Å². The maximum Gasteiger partial charge on any atom is 0.411 e. The van der Waals surface area contributed by atoms with E-state index in [1.54, 1.807) is 11.3 Å². The van der Waals surface area contributed by atoms with Crippen molar-refractivity contribution in [3.63, 3.8) is 0 Å². The molecule has 0 spiro atoms. The van der Waals surface area contributed by atoms with Crippen molar-refractivity contribution in [3.8, 4) is 0 Å². The van der Waals surface area contributed by atoms with Crippen molar-refractivity contribution < 1.29 is 17.9 Å². The summed E-state index contributed by atoms with van der Waals surface area (Å²) in [6, 6.07) is 2.30. The minimum Gasteiger partial charge on any atom is -0.372 e. The first-order chi connectivity index (χ1) is 9.51. The highest BCUT2D eigenvalue weighted by Crippen LogP contribution is 2.15. The number of ether oxygens (including phenoxy) is 1. The molecule has 1 aromatic heterocycles. The normalized spacial score (nSPS) is 13.6. The maximum absolute atomic E-state index is 12.0. The van der Waals surface area contributed by atoms with E-state index in [-0.39, 0.29) is 12.6 Å². The SMILES string of the molecule is CCCNC(CCOCC(F)(F)F)CCc1ccsc1. The van der Waals surface area contributed by atoms with Gasteiger partial charge in [0.05, 0.1) is 0 Å². The predicted octanol–water partition coefficient (Wildman–Crippen LogP) is 4.02. The van der Waals surface area contributed by atoms with Crippen molar-refractivity contribution in [2.45, 2.75) is 44.8 Å². The number of thiophene rings is 1. The van der Waals surface area contributed by atoms with E-state index in [4.69, 9.17) is 0 Å². The molecule has 2 nitrogen and oxygen atoms in total. The Morgan fingerprint density at radius 2 is 2.15 bits per heavy atom. The highest BCUT2D eigenvalue weighted by Gasteiger charge is 2.27. The van der Waals surface area contributed by atoms with Crippen molar-refractivity contribution in [1.82, 2.24) is 5.32 Å². The number of hydrogen-bond acceptors (Lipinski definition) is 3. The third-order valence-electron chi connectivity index (χ3n) is 2.92. The molecule has 0 aliphatic heterocycles. The molecule has 0 saturated carbocycles. The maximum atomic E-state index is 12.0. The Bertz CT molecular complexity index is 341. The van der Waals surface area contributed by atoms with E-state index < -0.39 is 12.8 Å². The second-order valence-electron chi connectivity index (χ2n) is 4.78. The first-order valence-corrected chi connectivity index (χ1v) is 7.84. The molecule has 1 aromatic rings. The minimum atomic E-state index is -4.23. The second kappa shape index (κ2) is 9.37. The number of aryl methyl sites for hydroxylation is 1. The molecule has 0 amide bonds. The molecule has 20 heavy (non-hydrogen) atoms. The predicted molar refractivity (Wildman–Crippen MR) is 76.2 cm³/mol. The summed E-state index contributed by atoms with van der Waals surface area (Å²) >= 11 is 1.66. The van der Waals surface area contributed by atoms with Gasteiger partial charge < -0.3 is 10.1 Å². The third kappa shape index (κ3) is 8.55. The zero-order valence-corrected chi connectivity index (χ0v) is 12.5. The van der Waals surface area contributed by atoms with Crippen LogP contribution >= 0.6 is 11.3 Å². The summed E-state index contributed by atoms with van der Waals surface area (Å²) in [5, 5.41) is 7.52. The van der Waals surface area contributed by atoms with Crippen molar-refractivity contribution in [2.24, 2.45) is 0 Å². The zero-order chi connectivity index (χ0) is 14.8. The van der Waals surface area contributed by atoms with Crippen molar-refractivity contribution in [1.29, 1.82) is 0 Å². The minimum absolute atomic E-state index is 0.143. The van der Waals surface area contributed by atoms with E-state index in [1.807, 2.05) is 5.38 Å². The molecule has 0 radical (unpaired) electrons. The van der Waals surface area contributed by atoms with E-state index in [0.29, 0.717) is 6.42 Å². The fourth-order valence-corrected chi connectivity index (χ4v) is 2.59. The lowest BCUT2D eigenvalue weighted by molar-refractivity contribution is -0.174. The molecule has 0 bridgehead atoms. The van der Waals surface area contributed by atoms with Crippen LogP contribution in [0, 0.1) is 0 Å². The Morgan fingerprint density at radius 1 is 1.35 bits per heavy atom. The first-order valence-electron chi connectivity index (χ1n) is 6.90. The van der Waals surface area contributed by atoms with Gasteiger partial charge in [0.25, 0.3) is 0 Å². The molecule has 116 valence electrons. The number of hydrogen-bond donors (Lipinski definition) is 1. The Labute approximate surface area is 122 Å². The molecule has 1 atom stereocenters. The average Bonchev–Trinajstić information content (AvgIpc) is 2.88. The van der Waals surface area contributed by atoms with Crippen molar-refractivity contribution >= 4 is 11.3 Å². The molecule has 1 unspecified atom stereocenters. The molecule has 0 fully saturated rings. The Hall–Kier alpha value is -0.590. The average molecular weight is 309 g/mol. The van der Waals surface area contributed by atoms with Gasteiger partial charge in [0.15, 0.2) is 0 Å². The van der Waals surface area contributed by atoms with Crippen LogP contribution < -0.4 is 5.32 Å². The van der Waals surface area contributed by atoms with E-state index in [2.05, 4.69) is 28.4 Å². The summed E-state index contributed by atoms with van der Waals surface area (Å²) in [5.41, 5.74) is 1.29. The lowest BCUT2D eigenvalue weighted by atomic mass is 10.1. The smallest absolute Gasteiger partial charge is 0.372 e. The number of alkyl halides is 3. The van der Waals surface area contributed by atoms with E-state index in [1.165, 1.54) is 5.56 Å². The van der Waals surface area contributed by atoms with Gasteiger partial charge in [-0.1, -0.05) is 6.92 Å². The van der Waals surface area contributed by atoms with E-state index in [9.17, 15) is 13.2 Å². The zero-order valence-electron chi connectivity index (χ0n) is 11.7. The molecule has 1 heterocycles. The molecular weight excluding hydrogens is 287 g/mol. The highest BCUT2D eigenvalue weighted by atomic mass is 32.1. The molecule has 1 rings (SSSR count).